The molecule has 6 aromatic rings. The third-order valence-electron chi connectivity index (χ3n) is 5.39. The van der Waals surface area contributed by atoms with Gasteiger partial charge in [0, 0.05) is 22.7 Å². The van der Waals surface area contributed by atoms with Gasteiger partial charge >= 0.3 is 0 Å². The number of amides is 1. The second-order valence-corrected chi connectivity index (χ2v) is 7.57. The third kappa shape index (κ3) is 3.49. The molecule has 0 atom stereocenters. The van der Waals surface area contributed by atoms with Crippen molar-refractivity contribution in [1.82, 2.24) is 30.1 Å². The van der Waals surface area contributed by atoms with E-state index in [1.54, 1.807) is 30.7 Å². The van der Waals surface area contributed by atoms with Crippen molar-refractivity contribution in [2.45, 2.75) is 0 Å². The van der Waals surface area contributed by atoms with Crippen molar-refractivity contribution in [3.8, 4) is 22.8 Å². The zero-order chi connectivity index (χ0) is 22.2. The van der Waals surface area contributed by atoms with Crippen molar-refractivity contribution in [2.75, 3.05) is 5.32 Å². The number of carbonyl (C=O) groups is 1. The van der Waals surface area contributed by atoms with Gasteiger partial charge in [0.15, 0.2) is 5.82 Å². The van der Waals surface area contributed by atoms with Crippen molar-refractivity contribution in [3.05, 3.63) is 90.9 Å². The molecule has 8 heteroatoms. The Balaban J connectivity index is 1.36. The van der Waals surface area contributed by atoms with Gasteiger partial charge in [-0.15, -0.1) is 0 Å². The van der Waals surface area contributed by atoms with Crippen LogP contribution < -0.4 is 5.32 Å². The SMILES string of the molecule is O=C(Nc1cncc(-c2cc3c(-c4nc5ccccc5[nH]4)n[nH]c3cn2)c1)c1ccccc1. The van der Waals surface area contributed by atoms with Crippen molar-refractivity contribution in [2.24, 2.45) is 0 Å². The van der Waals surface area contributed by atoms with E-state index in [1.165, 1.54) is 0 Å². The van der Waals surface area contributed by atoms with Crippen LogP contribution in [0.3, 0.4) is 0 Å². The largest absolute Gasteiger partial charge is 0.337 e. The van der Waals surface area contributed by atoms with Crippen molar-refractivity contribution < 1.29 is 4.79 Å². The Morgan fingerprint density at radius 1 is 0.879 bits per heavy atom. The van der Waals surface area contributed by atoms with E-state index in [-0.39, 0.29) is 5.91 Å². The summed E-state index contributed by atoms with van der Waals surface area (Å²) in [6.45, 7) is 0. The lowest BCUT2D eigenvalue weighted by atomic mass is 10.1. The summed E-state index contributed by atoms with van der Waals surface area (Å²) in [4.78, 5) is 29.3. The van der Waals surface area contributed by atoms with E-state index in [9.17, 15) is 4.79 Å². The lowest BCUT2D eigenvalue weighted by molar-refractivity contribution is 0.102. The van der Waals surface area contributed by atoms with E-state index in [2.05, 4.69) is 35.5 Å². The highest BCUT2D eigenvalue weighted by Crippen LogP contribution is 2.29. The molecule has 4 aromatic heterocycles. The first-order valence-electron chi connectivity index (χ1n) is 10.4. The smallest absolute Gasteiger partial charge is 0.255 e. The molecule has 0 fully saturated rings. The molecule has 0 bridgehead atoms. The van der Waals surface area contributed by atoms with Crippen molar-refractivity contribution in [3.63, 3.8) is 0 Å². The molecule has 2 aromatic carbocycles. The quantitative estimate of drug-likeness (QED) is 0.371. The second kappa shape index (κ2) is 7.69. The molecular formula is C25H17N7O. The fraction of sp³-hybridized carbons (Fsp3) is 0. The highest BCUT2D eigenvalue weighted by atomic mass is 16.1. The van der Waals surface area contributed by atoms with Gasteiger partial charge in [-0.1, -0.05) is 30.3 Å². The molecule has 0 saturated heterocycles. The molecule has 33 heavy (non-hydrogen) atoms. The Hall–Kier alpha value is -4.85. The van der Waals surface area contributed by atoms with Gasteiger partial charge in [-0.3, -0.25) is 19.9 Å². The lowest BCUT2D eigenvalue weighted by Gasteiger charge is -2.07. The number of H-pyrrole nitrogens is 2. The van der Waals surface area contributed by atoms with Gasteiger partial charge in [0.25, 0.3) is 5.91 Å². The number of hydrogen-bond donors (Lipinski definition) is 3. The van der Waals surface area contributed by atoms with Crippen LogP contribution in [0.1, 0.15) is 10.4 Å². The zero-order valence-corrected chi connectivity index (χ0v) is 17.3. The molecule has 0 aliphatic heterocycles. The van der Waals surface area contributed by atoms with Crippen LogP contribution in [0.25, 0.3) is 44.7 Å². The minimum Gasteiger partial charge on any atom is -0.337 e. The van der Waals surface area contributed by atoms with Gasteiger partial charge in [0.1, 0.15) is 5.69 Å². The number of rotatable bonds is 4. The molecule has 158 valence electrons. The van der Waals surface area contributed by atoms with E-state index in [4.69, 9.17) is 0 Å². The van der Waals surface area contributed by atoms with Gasteiger partial charge in [0.05, 0.1) is 40.3 Å². The van der Waals surface area contributed by atoms with E-state index < -0.39 is 0 Å². The third-order valence-corrected chi connectivity index (χ3v) is 5.39. The van der Waals surface area contributed by atoms with Crippen LogP contribution in [0.2, 0.25) is 0 Å². The van der Waals surface area contributed by atoms with Crippen LogP contribution in [-0.2, 0) is 0 Å². The number of benzene rings is 2. The summed E-state index contributed by atoms with van der Waals surface area (Å²) in [5, 5.41) is 11.3. The summed E-state index contributed by atoms with van der Waals surface area (Å²) in [5.74, 6) is 0.488. The molecule has 6 rings (SSSR count). The zero-order valence-electron chi connectivity index (χ0n) is 17.3. The van der Waals surface area contributed by atoms with Crippen LogP contribution in [0.15, 0.2) is 85.3 Å². The molecule has 1 amide bonds. The Morgan fingerprint density at radius 3 is 2.61 bits per heavy atom. The Labute approximate surface area is 187 Å². The molecule has 8 nitrogen and oxygen atoms in total. The van der Waals surface area contributed by atoms with Gasteiger partial charge < -0.3 is 10.3 Å². The topological polar surface area (TPSA) is 112 Å². The number of aromatic nitrogens is 6. The summed E-state index contributed by atoms with van der Waals surface area (Å²) >= 11 is 0. The van der Waals surface area contributed by atoms with Crippen LogP contribution in [0, 0.1) is 0 Å². The average Bonchev–Trinajstić information content (AvgIpc) is 3.48. The predicted octanol–water partition coefficient (Wildman–Crippen LogP) is 4.82. The first-order chi connectivity index (χ1) is 16.2. The minimum absolute atomic E-state index is 0.194. The Bertz CT molecular complexity index is 1590. The van der Waals surface area contributed by atoms with Crippen LogP contribution in [0.5, 0.6) is 0 Å². The monoisotopic (exact) mass is 431 g/mol. The number of hydrogen-bond acceptors (Lipinski definition) is 5. The summed E-state index contributed by atoms with van der Waals surface area (Å²) in [5.41, 5.74) is 6.00. The van der Waals surface area contributed by atoms with E-state index in [0.29, 0.717) is 28.5 Å². The standard InChI is InChI=1S/C25H17N7O/c33-25(15-6-2-1-3-7-15)28-17-10-16(12-26-13-17)21-11-18-22(14-27-21)31-32-23(18)24-29-19-8-4-5-9-20(19)30-24/h1-14H,(H,28,33)(H,29,30)(H,31,32). The summed E-state index contributed by atoms with van der Waals surface area (Å²) in [6.07, 6.45) is 5.06. The summed E-state index contributed by atoms with van der Waals surface area (Å²) < 4.78 is 0. The lowest BCUT2D eigenvalue weighted by Crippen LogP contribution is -2.11. The van der Waals surface area contributed by atoms with Crippen LogP contribution in [0.4, 0.5) is 5.69 Å². The molecule has 0 saturated carbocycles. The molecule has 3 N–H and O–H groups in total. The predicted molar refractivity (Wildman–Crippen MR) is 127 cm³/mol. The first-order valence-corrected chi connectivity index (χ1v) is 10.4. The molecule has 0 aliphatic carbocycles. The number of carbonyl (C=O) groups excluding carboxylic acids is 1. The van der Waals surface area contributed by atoms with Crippen molar-refractivity contribution >= 4 is 33.5 Å². The molecular weight excluding hydrogens is 414 g/mol. The van der Waals surface area contributed by atoms with Gasteiger partial charge in [-0.05, 0) is 36.4 Å². The number of pyridine rings is 2. The minimum atomic E-state index is -0.194. The Morgan fingerprint density at radius 2 is 1.73 bits per heavy atom. The van der Waals surface area contributed by atoms with Gasteiger partial charge in [-0.25, -0.2) is 4.98 Å². The maximum absolute atomic E-state index is 12.5. The highest BCUT2D eigenvalue weighted by molar-refractivity contribution is 6.04. The fourth-order valence-electron chi connectivity index (χ4n) is 3.76. The average molecular weight is 431 g/mol. The fourth-order valence-corrected chi connectivity index (χ4v) is 3.76. The molecule has 0 unspecified atom stereocenters. The normalized spacial score (nSPS) is 11.2. The summed E-state index contributed by atoms with van der Waals surface area (Å²) in [7, 11) is 0. The maximum Gasteiger partial charge on any atom is 0.255 e. The highest BCUT2D eigenvalue weighted by Gasteiger charge is 2.15. The molecule has 0 aliphatic rings. The number of nitrogens with zero attached hydrogens (tertiary/aromatic N) is 4. The van der Waals surface area contributed by atoms with Gasteiger partial charge in [-0.2, -0.15) is 5.10 Å². The maximum atomic E-state index is 12.5. The Kier molecular flexibility index (Phi) is 4.40. The molecule has 0 radical (unpaired) electrons. The number of aromatic amines is 2. The van der Waals surface area contributed by atoms with Gasteiger partial charge in [0.2, 0.25) is 0 Å². The number of fused-ring (bicyclic) bond motifs is 2. The van der Waals surface area contributed by atoms with Crippen LogP contribution in [-0.4, -0.2) is 36.0 Å². The number of nitrogens with one attached hydrogen (secondary N) is 3. The first kappa shape index (κ1) is 18.9. The van der Waals surface area contributed by atoms with E-state index >= 15 is 0 Å². The van der Waals surface area contributed by atoms with Crippen LogP contribution >= 0.6 is 0 Å². The molecule has 4 heterocycles. The molecule has 0 spiro atoms. The van der Waals surface area contributed by atoms with E-state index in [0.717, 1.165) is 27.5 Å². The van der Waals surface area contributed by atoms with E-state index in [1.807, 2.05) is 54.6 Å². The number of imidazole rings is 1. The number of anilines is 1. The van der Waals surface area contributed by atoms with Crippen molar-refractivity contribution in [1.29, 1.82) is 0 Å². The summed E-state index contributed by atoms with van der Waals surface area (Å²) in [6, 6.07) is 20.7. The second-order valence-electron chi connectivity index (χ2n) is 7.57. The number of para-hydroxylation sites is 2.